The summed E-state index contributed by atoms with van der Waals surface area (Å²) in [5, 5.41) is 11.8. The first-order valence-electron chi connectivity index (χ1n) is 7.70. The van der Waals surface area contributed by atoms with E-state index >= 15 is 0 Å². The molecule has 0 saturated carbocycles. The van der Waals surface area contributed by atoms with E-state index in [9.17, 15) is 14.4 Å². The maximum absolute atomic E-state index is 12.5. The number of nitrogens with one attached hydrogen (secondary N) is 1. The highest BCUT2D eigenvalue weighted by Gasteiger charge is 2.30. The maximum Gasteiger partial charge on any atom is 0.305 e. The number of anilines is 1. The van der Waals surface area contributed by atoms with Crippen molar-refractivity contribution in [2.24, 2.45) is 0 Å². The van der Waals surface area contributed by atoms with Crippen molar-refractivity contribution in [3.8, 4) is 0 Å². The molecule has 0 aromatic heterocycles. The average Bonchev–Trinajstić information content (AvgIpc) is 2.89. The van der Waals surface area contributed by atoms with Crippen LogP contribution in [0.4, 0.5) is 5.69 Å². The first kappa shape index (κ1) is 17.9. The van der Waals surface area contributed by atoms with Crippen LogP contribution in [-0.4, -0.2) is 48.7 Å². The summed E-state index contributed by atoms with van der Waals surface area (Å²) < 4.78 is 5.04. The third kappa shape index (κ3) is 3.91. The third-order valence-electron chi connectivity index (χ3n) is 4.04. The van der Waals surface area contributed by atoms with Crippen LogP contribution < -0.4 is 10.2 Å². The van der Waals surface area contributed by atoms with E-state index in [2.05, 4.69) is 5.32 Å². The predicted octanol–water partition coefficient (Wildman–Crippen LogP) is 1.21. The Labute approximate surface area is 140 Å². The first-order valence-corrected chi connectivity index (χ1v) is 7.70. The maximum atomic E-state index is 12.5. The molecule has 0 radical (unpaired) electrons. The van der Waals surface area contributed by atoms with Gasteiger partial charge in [-0.25, -0.2) is 0 Å². The number of ether oxygens (including phenoxy) is 1. The van der Waals surface area contributed by atoms with Gasteiger partial charge < -0.3 is 20.1 Å². The summed E-state index contributed by atoms with van der Waals surface area (Å²) in [6.07, 6.45) is 0.454. The first-order chi connectivity index (χ1) is 11.3. The lowest BCUT2D eigenvalue weighted by molar-refractivity contribution is -0.139. The van der Waals surface area contributed by atoms with E-state index in [-0.39, 0.29) is 24.8 Å². The highest BCUT2D eigenvalue weighted by molar-refractivity contribution is 5.98. The molecule has 0 fully saturated rings. The smallest absolute Gasteiger partial charge is 0.305 e. The van der Waals surface area contributed by atoms with E-state index in [0.29, 0.717) is 18.5 Å². The van der Waals surface area contributed by atoms with E-state index in [1.54, 1.807) is 30.0 Å². The van der Waals surface area contributed by atoms with Gasteiger partial charge in [-0.15, -0.1) is 0 Å². The van der Waals surface area contributed by atoms with Gasteiger partial charge in [0, 0.05) is 31.8 Å². The molecular weight excluding hydrogens is 312 g/mol. The van der Waals surface area contributed by atoms with E-state index in [4.69, 9.17) is 9.84 Å². The molecule has 1 heterocycles. The summed E-state index contributed by atoms with van der Waals surface area (Å²) >= 11 is 0. The van der Waals surface area contributed by atoms with Crippen LogP contribution in [0.15, 0.2) is 18.2 Å². The van der Waals surface area contributed by atoms with Crippen LogP contribution in [0.3, 0.4) is 0 Å². The van der Waals surface area contributed by atoms with Gasteiger partial charge in [0.1, 0.15) is 0 Å². The Morgan fingerprint density at radius 2 is 2.08 bits per heavy atom. The minimum atomic E-state index is -1.01. The van der Waals surface area contributed by atoms with Crippen LogP contribution in [0.5, 0.6) is 0 Å². The Hall–Kier alpha value is -2.41. The Bertz CT molecular complexity index is 673. The van der Waals surface area contributed by atoms with Crippen LogP contribution in [-0.2, 0) is 20.7 Å². The second-order valence-electron chi connectivity index (χ2n) is 6.28. The van der Waals surface area contributed by atoms with Crippen molar-refractivity contribution in [2.45, 2.75) is 32.2 Å². The van der Waals surface area contributed by atoms with E-state index < -0.39 is 11.5 Å². The molecule has 0 bridgehead atoms. The molecule has 7 heteroatoms. The predicted molar refractivity (Wildman–Crippen MR) is 88.2 cm³/mol. The molecule has 1 unspecified atom stereocenters. The number of carbonyl (C=O) groups excluding carboxylic acids is 2. The highest BCUT2D eigenvalue weighted by Crippen LogP contribution is 2.29. The zero-order valence-electron chi connectivity index (χ0n) is 14.1. The van der Waals surface area contributed by atoms with Crippen LogP contribution in [0.2, 0.25) is 0 Å². The molecule has 0 aliphatic carbocycles. The van der Waals surface area contributed by atoms with Gasteiger partial charge >= 0.3 is 5.97 Å². The number of nitrogens with zero attached hydrogens (tertiary/aromatic N) is 1. The summed E-state index contributed by atoms with van der Waals surface area (Å²) in [6, 6.07) is 5.15. The average molecular weight is 334 g/mol. The van der Waals surface area contributed by atoms with Gasteiger partial charge in [-0.3, -0.25) is 14.4 Å². The SMILES string of the molecule is COCC(C)(CC(=O)O)NC(=O)c1ccc2c(c1)CCN2C(C)=O. The number of fused-ring (bicyclic) bond motifs is 1. The van der Waals surface area contributed by atoms with Crippen LogP contribution in [0.1, 0.15) is 36.2 Å². The lowest BCUT2D eigenvalue weighted by Gasteiger charge is -2.28. The van der Waals surface area contributed by atoms with Gasteiger partial charge in [0.25, 0.3) is 5.91 Å². The molecule has 0 spiro atoms. The Morgan fingerprint density at radius 1 is 1.38 bits per heavy atom. The van der Waals surface area contributed by atoms with Crippen molar-refractivity contribution in [3.63, 3.8) is 0 Å². The fourth-order valence-electron chi connectivity index (χ4n) is 3.00. The van der Waals surface area contributed by atoms with Gasteiger partial charge in [-0.2, -0.15) is 0 Å². The summed E-state index contributed by atoms with van der Waals surface area (Å²) in [4.78, 5) is 36.8. The zero-order valence-corrected chi connectivity index (χ0v) is 14.1. The molecular formula is C17H22N2O5. The topological polar surface area (TPSA) is 95.9 Å². The fraction of sp³-hybridized carbons (Fsp3) is 0.471. The molecule has 130 valence electrons. The van der Waals surface area contributed by atoms with Crippen molar-refractivity contribution in [1.82, 2.24) is 5.32 Å². The molecule has 2 rings (SSSR count). The van der Waals surface area contributed by atoms with Crippen LogP contribution in [0.25, 0.3) is 0 Å². The lowest BCUT2D eigenvalue weighted by atomic mass is 9.98. The molecule has 7 nitrogen and oxygen atoms in total. The number of methoxy groups -OCH3 is 1. The number of aliphatic carboxylic acids is 1. The number of carboxylic acids is 1. The van der Waals surface area contributed by atoms with Crippen molar-refractivity contribution >= 4 is 23.5 Å². The molecule has 0 saturated heterocycles. The van der Waals surface area contributed by atoms with Crippen molar-refractivity contribution in [3.05, 3.63) is 29.3 Å². The summed E-state index contributed by atoms with van der Waals surface area (Å²) in [6.45, 7) is 3.84. The van der Waals surface area contributed by atoms with Gasteiger partial charge in [-0.1, -0.05) is 0 Å². The van der Waals surface area contributed by atoms with E-state index in [1.165, 1.54) is 14.0 Å². The molecule has 1 atom stereocenters. The molecule has 2 N–H and O–H groups in total. The second kappa shape index (κ2) is 7.00. The second-order valence-corrected chi connectivity index (χ2v) is 6.28. The highest BCUT2D eigenvalue weighted by atomic mass is 16.5. The number of carbonyl (C=O) groups is 3. The van der Waals surface area contributed by atoms with Crippen molar-refractivity contribution < 1.29 is 24.2 Å². The molecule has 1 aromatic carbocycles. The fourth-order valence-corrected chi connectivity index (χ4v) is 3.00. The minimum Gasteiger partial charge on any atom is -0.481 e. The van der Waals surface area contributed by atoms with Gasteiger partial charge in [-0.05, 0) is 37.1 Å². The summed E-state index contributed by atoms with van der Waals surface area (Å²) in [5.74, 6) is -1.40. The van der Waals surface area contributed by atoms with Gasteiger partial charge in [0.05, 0.1) is 18.6 Å². The molecule has 1 aliphatic rings. The monoisotopic (exact) mass is 334 g/mol. The van der Waals surface area contributed by atoms with Crippen molar-refractivity contribution in [2.75, 3.05) is 25.2 Å². The largest absolute Gasteiger partial charge is 0.481 e. The Morgan fingerprint density at radius 3 is 2.67 bits per heavy atom. The molecule has 1 aromatic rings. The summed E-state index contributed by atoms with van der Waals surface area (Å²) in [5.41, 5.74) is 1.20. The number of rotatable bonds is 6. The number of benzene rings is 1. The van der Waals surface area contributed by atoms with E-state index in [0.717, 1.165) is 11.3 Å². The van der Waals surface area contributed by atoms with Gasteiger partial charge in [0.15, 0.2) is 0 Å². The molecule has 1 aliphatic heterocycles. The van der Waals surface area contributed by atoms with Gasteiger partial charge in [0.2, 0.25) is 5.91 Å². The number of hydrogen-bond donors (Lipinski definition) is 2. The number of carboxylic acid groups (broad SMARTS) is 1. The standard InChI is InChI=1S/C17H22N2O5/c1-11(20)19-7-6-12-8-13(4-5-14(12)19)16(23)18-17(2,10-24-3)9-15(21)22/h4-5,8H,6-7,9-10H2,1-3H3,(H,18,23)(H,21,22). The minimum absolute atomic E-state index is 0.0277. The quantitative estimate of drug-likeness (QED) is 0.815. The summed E-state index contributed by atoms with van der Waals surface area (Å²) in [7, 11) is 1.46. The van der Waals surface area contributed by atoms with E-state index in [1.807, 2.05) is 0 Å². The Kier molecular flexibility index (Phi) is 5.23. The normalized spacial score (nSPS) is 15.5. The number of hydrogen-bond acceptors (Lipinski definition) is 4. The van der Waals surface area contributed by atoms with Crippen molar-refractivity contribution in [1.29, 1.82) is 0 Å². The van der Waals surface area contributed by atoms with Crippen LogP contribution in [0, 0.1) is 0 Å². The number of amides is 2. The Balaban J connectivity index is 2.18. The third-order valence-corrected chi connectivity index (χ3v) is 4.04. The molecule has 24 heavy (non-hydrogen) atoms. The van der Waals surface area contributed by atoms with Crippen LogP contribution >= 0.6 is 0 Å². The molecule has 2 amide bonds. The zero-order chi connectivity index (χ0) is 17.9. The lowest BCUT2D eigenvalue weighted by Crippen LogP contribution is -2.50.